The van der Waals surface area contributed by atoms with Gasteiger partial charge >= 0.3 is 0 Å². The molecule has 0 saturated carbocycles. The molecular formula is C21H21N3OS. The molecule has 0 spiro atoms. The summed E-state index contributed by atoms with van der Waals surface area (Å²) in [5, 5.41) is 12.1. The van der Waals surface area contributed by atoms with E-state index in [9.17, 15) is 4.79 Å². The topological polar surface area (TPSA) is 54.9 Å². The van der Waals surface area contributed by atoms with Crippen LogP contribution in [0, 0.1) is 0 Å². The molecule has 132 valence electrons. The lowest BCUT2D eigenvalue weighted by Gasteiger charge is -2.08. The van der Waals surface area contributed by atoms with Gasteiger partial charge in [0.05, 0.1) is 11.4 Å². The first-order valence-electron chi connectivity index (χ1n) is 8.53. The van der Waals surface area contributed by atoms with Gasteiger partial charge in [0.2, 0.25) is 5.91 Å². The number of anilines is 1. The van der Waals surface area contributed by atoms with Gasteiger partial charge in [0.25, 0.3) is 0 Å². The monoisotopic (exact) mass is 363 g/mol. The van der Waals surface area contributed by atoms with Gasteiger partial charge in [0.1, 0.15) is 5.03 Å². The number of carbonyl (C=O) groups excluding carboxylic acids is 1. The Hall–Kier alpha value is -2.66. The summed E-state index contributed by atoms with van der Waals surface area (Å²) in [6, 6.07) is 21.7. The normalized spacial score (nSPS) is 10.7. The van der Waals surface area contributed by atoms with Crippen LogP contribution in [0.1, 0.15) is 25.3 Å². The molecule has 0 unspecified atom stereocenters. The first-order valence-corrected chi connectivity index (χ1v) is 9.52. The van der Waals surface area contributed by atoms with E-state index >= 15 is 0 Å². The van der Waals surface area contributed by atoms with Gasteiger partial charge in [-0.2, -0.15) is 0 Å². The van der Waals surface area contributed by atoms with Crippen LogP contribution in [-0.2, 0) is 4.79 Å². The molecule has 0 bridgehead atoms. The summed E-state index contributed by atoms with van der Waals surface area (Å²) in [5.41, 5.74) is 3.92. The maximum absolute atomic E-state index is 12.1. The maximum Gasteiger partial charge on any atom is 0.234 e. The summed E-state index contributed by atoms with van der Waals surface area (Å²) in [4.78, 5) is 12.1. The van der Waals surface area contributed by atoms with E-state index in [-0.39, 0.29) is 5.91 Å². The number of hydrogen-bond donors (Lipinski definition) is 1. The van der Waals surface area contributed by atoms with Gasteiger partial charge in [-0.1, -0.05) is 68.1 Å². The Balaban J connectivity index is 1.53. The third-order valence-electron chi connectivity index (χ3n) is 3.92. The molecule has 2 aromatic carbocycles. The van der Waals surface area contributed by atoms with Crippen LogP contribution in [-0.4, -0.2) is 21.9 Å². The highest BCUT2D eigenvalue weighted by Gasteiger charge is 2.07. The number of amides is 1. The minimum atomic E-state index is -0.0544. The lowest BCUT2D eigenvalue weighted by molar-refractivity contribution is -0.113. The average molecular weight is 363 g/mol. The first kappa shape index (κ1) is 18.1. The molecule has 0 aliphatic carbocycles. The molecule has 1 aromatic heterocycles. The molecule has 1 heterocycles. The van der Waals surface area contributed by atoms with Crippen LogP contribution in [0.3, 0.4) is 0 Å². The Bertz CT molecular complexity index is 847. The Labute approximate surface area is 158 Å². The van der Waals surface area contributed by atoms with Crippen molar-refractivity contribution in [2.75, 3.05) is 11.1 Å². The molecule has 26 heavy (non-hydrogen) atoms. The highest BCUT2D eigenvalue weighted by Crippen LogP contribution is 2.20. The molecule has 3 aromatic rings. The molecule has 0 fully saturated rings. The lowest BCUT2D eigenvalue weighted by Crippen LogP contribution is -2.14. The largest absolute Gasteiger partial charge is 0.325 e. The minimum Gasteiger partial charge on any atom is -0.325 e. The standard InChI is InChI=1S/C21H21N3OS/c1-15(2)16-8-10-18(11-9-16)22-20(25)14-26-21-13-12-19(23-24-21)17-6-4-3-5-7-17/h3-13,15H,14H2,1-2H3,(H,22,25). The molecule has 0 aliphatic heterocycles. The van der Waals surface area contributed by atoms with E-state index in [2.05, 4.69) is 29.4 Å². The number of benzene rings is 2. The SMILES string of the molecule is CC(C)c1ccc(NC(=O)CSc2ccc(-c3ccccc3)nn2)cc1. The summed E-state index contributed by atoms with van der Waals surface area (Å²) in [6.07, 6.45) is 0. The van der Waals surface area contributed by atoms with Crippen LogP contribution >= 0.6 is 11.8 Å². The second-order valence-electron chi connectivity index (χ2n) is 6.24. The molecule has 1 N–H and O–H groups in total. The van der Waals surface area contributed by atoms with Gasteiger partial charge in [-0.25, -0.2) is 0 Å². The predicted octanol–water partition coefficient (Wildman–Crippen LogP) is 5.00. The fraction of sp³-hybridized carbons (Fsp3) is 0.190. The zero-order valence-corrected chi connectivity index (χ0v) is 15.7. The van der Waals surface area contributed by atoms with E-state index in [1.165, 1.54) is 17.3 Å². The molecule has 0 aliphatic rings. The van der Waals surface area contributed by atoms with Crippen LogP contribution in [0.5, 0.6) is 0 Å². The van der Waals surface area contributed by atoms with Gasteiger partial charge in [0.15, 0.2) is 0 Å². The van der Waals surface area contributed by atoms with Crippen LogP contribution in [0.4, 0.5) is 5.69 Å². The molecule has 4 nitrogen and oxygen atoms in total. The van der Waals surface area contributed by atoms with E-state index in [0.717, 1.165) is 22.0 Å². The molecule has 3 rings (SSSR count). The number of aromatic nitrogens is 2. The van der Waals surface area contributed by atoms with E-state index in [4.69, 9.17) is 0 Å². The van der Waals surface area contributed by atoms with E-state index in [1.54, 1.807) is 0 Å². The Morgan fingerprint density at radius 1 is 0.962 bits per heavy atom. The van der Waals surface area contributed by atoms with Crippen LogP contribution in [0.25, 0.3) is 11.3 Å². The van der Waals surface area contributed by atoms with Crippen molar-refractivity contribution < 1.29 is 4.79 Å². The molecule has 1 amide bonds. The van der Waals surface area contributed by atoms with Crippen LogP contribution in [0.2, 0.25) is 0 Å². The second kappa shape index (κ2) is 8.63. The van der Waals surface area contributed by atoms with Crippen molar-refractivity contribution in [1.29, 1.82) is 0 Å². The van der Waals surface area contributed by atoms with Gasteiger partial charge < -0.3 is 5.32 Å². The summed E-state index contributed by atoms with van der Waals surface area (Å²) in [7, 11) is 0. The third kappa shape index (κ3) is 4.92. The smallest absolute Gasteiger partial charge is 0.234 e. The van der Waals surface area contributed by atoms with Crippen molar-refractivity contribution in [3.63, 3.8) is 0 Å². The molecule has 0 radical (unpaired) electrons. The van der Waals surface area contributed by atoms with E-state index in [1.807, 2.05) is 66.7 Å². The quantitative estimate of drug-likeness (QED) is 0.626. The highest BCUT2D eigenvalue weighted by atomic mass is 32.2. The highest BCUT2D eigenvalue weighted by molar-refractivity contribution is 7.99. The summed E-state index contributed by atoms with van der Waals surface area (Å²) < 4.78 is 0. The second-order valence-corrected chi connectivity index (χ2v) is 7.23. The fourth-order valence-electron chi connectivity index (χ4n) is 2.45. The van der Waals surface area contributed by atoms with Crippen LogP contribution in [0.15, 0.2) is 71.8 Å². The number of thioether (sulfide) groups is 1. The van der Waals surface area contributed by atoms with Gasteiger partial charge in [-0.3, -0.25) is 4.79 Å². The van der Waals surface area contributed by atoms with Crippen molar-refractivity contribution in [3.05, 3.63) is 72.3 Å². The lowest BCUT2D eigenvalue weighted by atomic mass is 10.0. The van der Waals surface area contributed by atoms with Crippen LogP contribution < -0.4 is 5.32 Å². The zero-order chi connectivity index (χ0) is 18.4. The van der Waals surface area contributed by atoms with Crippen molar-refractivity contribution in [2.24, 2.45) is 0 Å². The molecule has 0 atom stereocenters. The Morgan fingerprint density at radius 3 is 2.31 bits per heavy atom. The van der Waals surface area contributed by atoms with Gasteiger partial charge in [-0.05, 0) is 35.7 Å². The van der Waals surface area contributed by atoms with Crippen molar-refractivity contribution >= 4 is 23.4 Å². The average Bonchev–Trinajstić information content (AvgIpc) is 2.68. The van der Waals surface area contributed by atoms with Crippen molar-refractivity contribution in [1.82, 2.24) is 10.2 Å². The van der Waals surface area contributed by atoms with Crippen molar-refractivity contribution in [3.8, 4) is 11.3 Å². The number of hydrogen-bond acceptors (Lipinski definition) is 4. The van der Waals surface area contributed by atoms with Gasteiger partial charge in [0, 0.05) is 11.3 Å². The summed E-state index contributed by atoms with van der Waals surface area (Å²) >= 11 is 1.37. The number of nitrogens with zero attached hydrogens (tertiary/aromatic N) is 2. The predicted molar refractivity (Wildman–Crippen MR) is 107 cm³/mol. The van der Waals surface area contributed by atoms with E-state index < -0.39 is 0 Å². The number of carbonyl (C=O) groups is 1. The Kier molecular flexibility index (Phi) is 6.02. The zero-order valence-electron chi connectivity index (χ0n) is 14.8. The Morgan fingerprint density at radius 2 is 1.69 bits per heavy atom. The van der Waals surface area contributed by atoms with E-state index in [0.29, 0.717) is 11.7 Å². The molecule has 0 saturated heterocycles. The molecule has 5 heteroatoms. The minimum absolute atomic E-state index is 0.0544. The number of rotatable bonds is 6. The summed E-state index contributed by atoms with van der Waals surface area (Å²) in [6.45, 7) is 4.29. The van der Waals surface area contributed by atoms with Gasteiger partial charge in [-0.15, -0.1) is 10.2 Å². The molecular weight excluding hydrogens is 342 g/mol. The third-order valence-corrected chi connectivity index (χ3v) is 4.84. The first-order chi connectivity index (χ1) is 12.6. The van der Waals surface area contributed by atoms with Crippen molar-refractivity contribution in [2.45, 2.75) is 24.8 Å². The number of nitrogens with one attached hydrogen (secondary N) is 1. The fourth-order valence-corrected chi connectivity index (χ4v) is 3.06. The maximum atomic E-state index is 12.1. The summed E-state index contributed by atoms with van der Waals surface area (Å²) in [5.74, 6) is 0.722.